The van der Waals surface area contributed by atoms with E-state index in [1.165, 1.54) is 0 Å². The molecule has 0 saturated heterocycles. The average Bonchev–Trinajstić information content (AvgIpc) is 2.20. The van der Waals surface area contributed by atoms with Crippen LogP contribution in [0.4, 0.5) is 0 Å². The molecule has 0 aromatic heterocycles. The van der Waals surface area contributed by atoms with Crippen molar-refractivity contribution in [2.24, 2.45) is 0 Å². The number of hydrogen-bond donors (Lipinski definition) is 0. The molecule has 15 heavy (non-hydrogen) atoms. The van der Waals surface area contributed by atoms with Crippen LogP contribution < -0.4 is 4.74 Å². The number of benzene rings is 1. The predicted molar refractivity (Wildman–Crippen MR) is 66.3 cm³/mol. The summed E-state index contributed by atoms with van der Waals surface area (Å²) in [5.74, 6) is 0.212. The number of halogens is 2. The van der Waals surface area contributed by atoms with Crippen LogP contribution in [0.1, 0.15) is 6.92 Å². The molecule has 0 fully saturated rings. The van der Waals surface area contributed by atoms with E-state index in [1.54, 1.807) is 19.1 Å². The molecule has 0 aliphatic carbocycles. The standard InChI is InChI=1S/C10H10ClIO3/c1-2-14-10(13)6-15-9-5-7(11)3-4-8(9)12/h3-5H,2,6H2,1H3. The third-order valence-electron chi connectivity index (χ3n) is 1.54. The van der Waals surface area contributed by atoms with E-state index in [1.807, 2.05) is 6.07 Å². The van der Waals surface area contributed by atoms with Gasteiger partial charge in [0.15, 0.2) is 6.61 Å². The summed E-state index contributed by atoms with van der Waals surface area (Å²) in [7, 11) is 0. The number of rotatable bonds is 4. The fourth-order valence-corrected chi connectivity index (χ4v) is 1.58. The van der Waals surface area contributed by atoms with Gasteiger partial charge < -0.3 is 9.47 Å². The molecule has 0 amide bonds. The average molecular weight is 341 g/mol. The molecular weight excluding hydrogens is 330 g/mol. The van der Waals surface area contributed by atoms with Gasteiger partial charge in [0.1, 0.15) is 5.75 Å². The van der Waals surface area contributed by atoms with E-state index in [9.17, 15) is 4.79 Å². The van der Waals surface area contributed by atoms with Crippen molar-refractivity contribution in [3.63, 3.8) is 0 Å². The maximum absolute atomic E-state index is 11.0. The lowest BCUT2D eigenvalue weighted by molar-refractivity contribution is -0.145. The SMILES string of the molecule is CCOC(=O)COc1cc(Cl)ccc1I. The van der Waals surface area contributed by atoms with Crippen molar-refractivity contribution < 1.29 is 14.3 Å². The zero-order valence-electron chi connectivity index (χ0n) is 8.13. The van der Waals surface area contributed by atoms with Crippen LogP contribution in [-0.2, 0) is 9.53 Å². The Labute approximate surface area is 107 Å². The fraction of sp³-hybridized carbons (Fsp3) is 0.300. The zero-order chi connectivity index (χ0) is 11.3. The lowest BCUT2D eigenvalue weighted by Gasteiger charge is -2.07. The highest BCUT2D eigenvalue weighted by Crippen LogP contribution is 2.24. The van der Waals surface area contributed by atoms with Crippen LogP contribution in [0.3, 0.4) is 0 Å². The minimum Gasteiger partial charge on any atom is -0.481 e. The number of carbonyl (C=O) groups is 1. The molecule has 1 aromatic rings. The smallest absolute Gasteiger partial charge is 0.344 e. The molecule has 0 N–H and O–H groups in total. The summed E-state index contributed by atoms with van der Waals surface area (Å²) < 4.78 is 10.9. The van der Waals surface area contributed by atoms with Gasteiger partial charge in [-0.1, -0.05) is 11.6 Å². The second-order valence-electron chi connectivity index (χ2n) is 2.67. The summed E-state index contributed by atoms with van der Waals surface area (Å²) in [5, 5.41) is 0.578. The van der Waals surface area contributed by atoms with Gasteiger partial charge in [0.25, 0.3) is 0 Å². The molecule has 82 valence electrons. The maximum Gasteiger partial charge on any atom is 0.344 e. The molecule has 5 heteroatoms. The van der Waals surface area contributed by atoms with Crippen molar-refractivity contribution in [1.82, 2.24) is 0 Å². The Morgan fingerprint density at radius 1 is 1.53 bits per heavy atom. The Balaban J connectivity index is 2.57. The van der Waals surface area contributed by atoms with Crippen LogP contribution >= 0.6 is 34.2 Å². The molecule has 0 spiro atoms. The van der Waals surface area contributed by atoms with E-state index in [2.05, 4.69) is 22.6 Å². The Morgan fingerprint density at radius 3 is 2.93 bits per heavy atom. The topological polar surface area (TPSA) is 35.5 Å². The fourth-order valence-electron chi connectivity index (χ4n) is 0.927. The highest BCUT2D eigenvalue weighted by molar-refractivity contribution is 14.1. The van der Waals surface area contributed by atoms with E-state index in [0.29, 0.717) is 17.4 Å². The molecular formula is C10H10ClIO3. The predicted octanol–water partition coefficient (Wildman–Crippen LogP) is 2.89. The summed E-state index contributed by atoms with van der Waals surface area (Å²) >= 11 is 7.90. The van der Waals surface area contributed by atoms with E-state index in [-0.39, 0.29) is 12.6 Å². The minimum absolute atomic E-state index is 0.0931. The normalized spacial score (nSPS) is 9.80. The highest BCUT2D eigenvalue weighted by atomic mass is 127. The quantitative estimate of drug-likeness (QED) is 0.624. The summed E-state index contributed by atoms with van der Waals surface area (Å²) in [5.41, 5.74) is 0. The molecule has 0 radical (unpaired) electrons. The van der Waals surface area contributed by atoms with Gasteiger partial charge in [-0.25, -0.2) is 4.79 Å². The van der Waals surface area contributed by atoms with Crippen LogP contribution in [0, 0.1) is 3.57 Å². The Morgan fingerprint density at radius 2 is 2.27 bits per heavy atom. The van der Waals surface area contributed by atoms with Crippen LogP contribution in [0.25, 0.3) is 0 Å². The van der Waals surface area contributed by atoms with Crippen LogP contribution in [0.15, 0.2) is 18.2 Å². The van der Waals surface area contributed by atoms with E-state index in [4.69, 9.17) is 21.1 Å². The van der Waals surface area contributed by atoms with Gasteiger partial charge in [0.2, 0.25) is 0 Å². The molecule has 0 heterocycles. The zero-order valence-corrected chi connectivity index (χ0v) is 11.0. The first kappa shape index (κ1) is 12.6. The van der Waals surface area contributed by atoms with E-state index in [0.717, 1.165) is 3.57 Å². The van der Waals surface area contributed by atoms with Crippen LogP contribution in [0.5, 0.6) is 5.75 Å². The molecule has 0 aliphatic rings. The van der Waals surface area contributed by atoms with Crippen LogP contribution in [0.2, 0.25) is 5.02 Å². The van der Waals surface area contributed by atoms with Gasteiger partial charge in [-0.15, -0.1) is 0 Å². The van der Waals surface area contributed by atoms with Gasteiger partial charge in [0, 0.05) is 5.02 Å². The first-order valence-corrected chi connectivity index (χ1v) is 5.82. The number of carbonyl (C=O) groups excluding carboxylic acids is 1. The molecule has 0 atom stereocenters. The van der Waals surface area contributed by atoms with Crippen molar-refractivity contribution in [2.75, 3.05) is 13.2 Å². The number of esters is 1. The third kappa shape index (κ3) is 4.25. The first-order chi connectivity index (χ1) is 7.13. The summed E-state index contributed by atoms with van der Waals surface area (Å²) in [4.78, 5) is 11.0. The monoisotopic (exact) mass is 340 g/mol. The van der Waals surface area contributed by atoms with Gasteiger partial charge in [-0.05, 0) is 47.7 Å². The molecule has 1 rings (SSSR count). The van der Waals surface area contributed by atoms with Crippen molar-refractivity contribution in [1.29, 1.82) is 0 Å². The Bertz CT molecular complexity index is 355. The summed E-state index contributed by atoms with van der Waals surface area (Å²) in [6, 6.07) is 5.26. The van der Waals surface area contributed by atoms with Crippen molar-refractivity contribution in [3.05, 3.63) is 26.8 Å². The highest BCUT2D eigenvalue weighted by Gasteiger charge is 2.06. The number of hydrogen-bond acceptors (Lipinski definition) is 3. The molecule has 0 unspecified atom stereocenters. The van der Waals surface area contributed by atoms with Gasteiger partial charge in [-0.2, -0.15) is 0 Å². The largest absolute Gasteiger partial charge is 0.481 e. The van der Waals surface area contributed by atoms with Crippen molar-refractivity contribution in [3.8, 4) is 5.75 Å². The minimum atomic E-state index is -0.381. The summed E-state index contributed by atoms with van der Waals surface area (Å²) in [6.45, 7) is 2.01. The van der Waals surface area contributed by atoms with Crippen LogP contribution in [-0.4, -0.2) is 19.2 Å². The second kappa shape index (κ2) is 6.17. The number of ether oxygens (including phenoxy) is 2. The molecule has 3 nitrogen and oxygen atoms in total. The maximum atomic E-state index is 11.0. The molecule has 1 aromatic carbocycles. The Hall–Kier alpha value is -0.490. The van der Waals surface area contributed by atoms with Gasteiger partial charge in [-0.3, -0.25) is 0 Å². The van der Waals surface area contributed by atoms with Gasteiger partial charge >= 0.3 is 5.97 Å². The molecule has 0 aliphatic heterocycles. The molecule has 0 saturated carbocycles. The van der Waals surface area contributed by atoms with E-state index >= 15 is 0 Å². The lowest BCUT2D eigenvalue weighted by Crippen LogP contribution is -2.14. The third-order valence-corrected chi connectivity index (χ3v) is 2.67. The van der Waals surface area contributed by atoms with Crippen molar-refractivity contribution >= 4 is 40.2 Å². The van der Waals surface area contributed by atoms with E-state index < -0.39 is 0 Å². The summed E-state index contributed by atoms with van der Waals surface area (Å²) in [6.07, 6.45) is 0. The first-order valence-electron chi connectivity index (χ1n) is 4.37. The van der Waals surface area contributed by atoms with Gasteiger partial charge in [0.05, 0.1) is 10.2 Å². The van der Waals surface area contributed by atoms with Crippen molar-refractivity contribution in [2.45, 2.75) is 6.92 Å². The lowest BCUT2D eigenvalue weighted by atomic mass is 10.3. The second-order valence-corrected chi connectivity index (χ2v) is 4.27. The Kier molecular flexibility index (Phi) is 5.17. The molecule has 0 bridgehead atoms.